The Morgan fingerprint density at radius 2 is 0.667 bits per heavy atom. The van der Waals surface area contributed by atoms with Crippen LogP contribution in [0.2, 0.25) is 0 Å². The largest absolute Gasteiger partial charge is 1.00 e. The van der Waals surface area contributed by atoms with Crippen LogP contribution >= 0.6 is 0 Å². The molecule has 40 valence electrons. The van der Waals surface area contributed by atoms with Crippen LogP contribution < -0.4 is 31.3 Å². The predicted octanol–water partition coefficient (Wildman–Crippen LogP) is -7.83. The fraction of sp³-hybridized carbons (Fsp3) is 1.00. The molecule has 0 aromatic rings. The topological polar surface area (TPSA) is 94.5 Å². The van der Waals surface area contributed by atoms with Crippen molar-refractivity contribution in [2.24, 2.45) is 0 Å². The molecule has 0 saturated carbocycles. The van der Waals surface area contributed by atoms with Gasteiger partial charge >= 0.3 is 18.9 Å². The number of hydrogen-bond acceptors (Lipinski definition) is 0. The molecule has 0 heterocycles. The van der Waals surface area contributed by atoms with Crippen molar-refractivity contribution < 1.29 is 47.7 Å². The van der Waals surface area contributed by atoms with Crippen LogP contribution in [0.25, 0.3) is 0 Å². The van der Waals surface area contributed by atoms with E-state index in [2.05, 4.69) is 0 Å². The van der Waals surface area contributed by atoms with E-state index in [1.54, 1.807) is 0 Å². The third kappa shape index (κ3) is 115. The van der Waals surface area contributed by atoms with Gasteiger partial charge in [-0.2, -0.15) is 0 Å². The zero-order valence-electron chi connectivity index (χ0n) is 2.88. The van der Waals surface area contributed by atoms with Crippen LogP contribution in [-0.2, 0) is 0 Å². The molecule has 6 N–H and O–H groups in total. The second kappa shape index (κ2) is 223. The summed E-state index contributed by atoms with van der Waals surface area (Å²) >= 11 is 0. The Bertz CT molecular complexity index is 10.8. The number of rotatable bonds is 0. The smallest absolute Gasteiger partial charge is 1.00 e. The Balaban J connectivity index is 0. The average molecular weight is 112 g/mol. The van der Waals surface area contributed by atoms with Crippen LogP contribution in [0.1, 0.15) is 7.43 Å². The molecule has 0 aromatic heterocycles. The third-order valence-electron chi connectivity index (χ3n) is 0. The van der Waals surface area contributed by atoms with Crippen LogP contribution in [0.3, 0.4) is 0 Å². The Morgan fingerprint density at radius 1 is 0.667 bits per heavy atom. The third-order valence-corrected chi connectivity index (χ3v) is 0. The summed E-state index contributed by atoms with van der Waals surface area (Å²) in [6.07, 6.45) is 0. The number of halogens is 1. The molecule has 0 aliphatic rings. The summed E-state index contributed by atoms with van der Waals surface area (Å²) in [7, 11) is 0. The van der Waals surface area contributed by atoms with Crippen LogP contribution in [-0.4, -0.2) is 16.4 Å². The summed E-state index contributed by atoms with van der Waals surface area (Å²) in [6, 6.07) is 0. The molecular formula is CH10ClLiO3. The summed E-state index contributed by atoms with van der Waals surface area (Å²) < 4.78 is 0. The SMILES string of the molecule is C.O.O.O.[Cl-].[Li+]. The Kier molecular flexibility index (Phi) is 14200. The summed E-state index contributed by atoms with van der Waals surface area (Å²) in [4.78, 5) is 0. The molecule has 6 heavy (non-hydrogen) atoms. The van der Waals surface area contributed by atoms with E-state index in [0.29, 0.717) is 0 Å². The summed E-state index contributed by atoms with van der Waals surface area (Å²) in [5, 5.41) is 0. The second-order valence-corrected chi connectivity index (χ2v) is 0. The molecule has 0 aromatic carbocycles. The minimum Gasteiger partial charge on any atom is -1.00 e. The Hall–Kier alpha value is 0.767. The first kappa shape index (κ1) is 382. The van der Waals surface area contributed by atoms with E-state index in [0.717, 1.165) is 0 Å². The summed E-state index contributed by atoms with van der Waals surface area (Å²) in [5.74, 6) is 0. The Morgan fingerprint density at radius 3 is 0.667 bits per heavy atom. The van der Waals surface area contributed by atoms with Crippen molar-refractivity contribution in [1.29, 1.82) is 0 Å². The first-order chi connectivity index (χ1) is 0. The van der Waals surface area contributed by atoms with Crippen molar-refractivity contribution >= 4 is 0 Å². The van der Waals surface area contributed by atoms with Crippen molar-refractivity contribution in [1.82, 2.24) is 0 Å². The van der Waals surface area contributed by atoms with E-state index >= 15 is 0 Å². The van der Waals surface area contributed by atoms with Gasteiger partial charge in [0.05, 0.1) is 0 Å². The van der Waals surface area contributed by atoms with Gasteiger partial charge in [-0.1, -0.05) is 7.43 Å². The fourth-order valence-electron chi connectivity index (χ4n) is 0. The average Bonchev–Trinajstić information content (AvgIpc) is 0. The minimum absolute atomic E-state index is 0. The van der Waals surface area contributed by atoms with Crippen LogP contribution in [0.5, 0.6) is 0 Å². The molecule has 0 radical (unpaired) electrons. The quantitative estimate of drug-likeness (QED) is 0.278. The molecule has 0 fully saturated rings. The van der Waals surface area contributed by atoms with Gasteiger partial charge in [-0.05, 0) is 0 Å². The van der Waals surface area contributed by atoms with Crippen LogP contribution in [0.15, 0.2) is 0 Å². The molecule has 0 spiro atoms. The maximum atomic E-state index is 0. The van der Waals surface area contributed by atoms with Crippen molar-refractivity contribution in [3.05, 3.63) is 0 Å². The van der Waals surface area contributed by atoms with Gasteiger partial charge in [0.25, 0.3) is 0 Å². The van der Waals surface area contributed by atoms with Crippen LogP contribution in [0.4, 0.5) is 0 Å². The first-order valence-corrected chi connectivity index (χ1v) is 0. The van der Waals surface area contributed by atoms with E-state index in [1.807, 2.05) is 0 Å². The van der Waals surface area contributed by atoms with Gasteiger partial charge in [0.2, 0.25) is 0 Å². The molecule has 0 amide bonds. The van der Waals surface area contributed by atoms with E-state index in [9.17, 15) is 0 Å². The van der Waals surface area contributed by atoms with Gasteiger partial charge < -0.3 is 28.8 Å². The van der Waals surface area contributed by atoms with E-state index in [-0.39, 0.29) is 55.1 Å². The molecule has 3 nitrogen and oxygen atoms in total. The van der Waals surface area contributed by atoms with E-state index in [4.69, 9.17) is 0 Å². The molecule has 5 heteroatoms. The van der Waals surface area contributed by atoms with Crippen molar-refractivity contribution in [3.63, 3.8) is 0 Å². The minimum atomic E-state index is 0. The molecule has 0 rings (SSSR count). The van der Waals surface area contributed by atoms with Gasteiger partial charge in [0, 0.05) is 0 Å². The molecule has 0 aliphatic carbocycles. The molecule has 0 atom stereocenters. The molecule has 0 aliphatic heterocycles. The second-order valence-electron chi connectivity index (χ2n) is 0. The molecule has 0 saturated heterocycles. The van der Waals surface area contributed by atoms with Crippen molar-refractivity contribution in [2.45, 2.75) is 7.43 Å². The van der Waals surface area contributed by atoms with E-state index in [1.165, 1.54) is 0 Å². The predicted molar refractivity (Wildman–Crippen MR) is 17.6 cm³/mol. The summed E-state index contributed by atoms with van der Waals surface area (Å²) in [5.41, 5.74) is 0. The Labute approximate surface area is 55.6 Å². The monoisotopic (exact) mass is 112 g/mol. The van der Waals surface area contributed by atoms with Gasteiger partial charge in [0.1, 0.15) is 0 Å². The standard InChI is InChI=1S/CH4.ClH.Li.3H2O/h1H4;1H;;3*1H2/q;;+1;;;/p-1. The van der Waals surface area contributed by atoms with Gasteiger partial charge in [-0.15, -0.1) is 0 Å². The van der Waals surface area contributed by atoms with Gasteiger partial charge in [-0.3, -0.25) is 0 Å². The molecule has 0 unspecified atom stereocenters. The summed E-state index contributed by atoms with van der Waals surface area (Å²) in [6.45, 7) is 0. The maximum Gasteiger partial charge on any atom is 1.00 e. The maximum absolute atomic E-state index is 0. The van der Waals surface area contributed by atoms with Crippen molar-refractivity contribution in [3.8, 4) is 0 Å². The first-order valence-electron chi connectivity index (χ1n) is 0. The van der Waals surface area contributed by atoms with Crippen LogP contribution in [0, 0.1) is 0 Å². The van der Waals surface area contributed by atoms with Crippen molar-refractivity contribution in [2.75, 3.05) is 0 Å². The number of hydrogen-bond donors (Lipinski definition) is 0. The van der Waals surface area contributed by atoms with Gasteiger partial charge in [0.15, 0.2) is 0 Å². The molecular weight excluding hydrogens is 102 g/mol. The van der Waals surface area contributed by atoms with E-state index < -0.39 is 0 Å². The normalized spacial score (nSPS) is 0. The zero-order chi connectivity index (χ0) is 0. The zero-order valence-corrected chi connectivity index (χ0v) is 3.63. The fourth-order valence-corrected chi connectivity index (χ4v) is 0. The molecule has 0 bridgehead atoms. The van der Waals surface area contributed by atoms with Gasteiger partial charge in [-0.25, -0.2) is 0 Å².